The number of nitrogens with zero attached hydrogens (tertiary/aromatic N) is 6. The summed E-state index contributed by atoms with van der Waals surface area (Å²) in [4.78, 5) is 0. The van der Waals surface area contributed by atoms with E-state index in [0.717, 1.165) is 204 Å². The van der Waals surface area contributed by atoms with Gasteiger partial charge in [-0.1, -0.05) is 182 Å². The third kappa shape index (κ3) is 8.68. The normalized spacial score (nSPS) is 12.1. The standard InChI is InChI=1S/2C49H27N3O2/c50-28-30-23-32(52-43-14-6-2-10-35(43)39-27-49-41(25-45(39)52)37-12-4-8-16-47(37)54-49)21-22-33(30)29-17-19-31(20-18-29)51-42-13-5-1-9-34(42)38-26-48-40(24-44(38)51)36-11-3-7-15-46(36)53-48;50-28-30-23-32(52-43-14-6-2-10-35(43)39-25-41-37-12-4-8-16-47(37)54-49(41)27-45(39)52)21-22-33(30)29-17-19-31(20-18-29)51-42-13-5-1-9-34(42)38-24-40-36-11-3-7-15-46(36)53-48(40)26-44(38)51/h2*1-27H. The second-order valence-electron chi connectivity index (χ2n) is 28.0. The van der Waals surface area contributed by atoms with Crippen molar-refractivity contribution in [2.24, 2.45) is 0 Å². The van der Waals surface area contributed by atoms with Gasteiger partial charge in [-0.15, -0.1) is 0 Å². The summed E-state index contributed by atoms with van der Waals surface area (Å²) in [7, 11) is 0. The van der Waals surface area contributed by atoms with E-state index in [9.17, 15) is 10.5 Å². The van der Waals surface area contributed by atoms with Crippen molar-refractivity contribution < 1.29 is 17.7 Å². The van der Waals surface area contributed by atoms with Gasteiger partial charge in [0, 0.05) is 121 Å². The summed E-state index contributed by atoms with van der Waals surface area (Å²) in [5.41, 5.74) is 24.7. The molecule has 10 nitrogen and oxygen atoms in total. The van der Waals surface area contributed by atoms with E-state index >= 15 is 0 Å². The van der Waals surface area contributed by atoms with Crippen LogP contribution < -0.4 is 0 Å². The molecule has 0 spiro atoms. The molecule has 24 aromatic rings. The Kier molecular flexibility index (Phi) is 12.5. The first kappa shape index (κ1) is 59.4. The molecule has 500 valence electrons. The first-order valence-electron chi connectivity index (χ1n) is 36.1. The number of benzene rings is 16. The number of aromatic nitrogens is 4. The zero-order valence-electron chi connectivity index (χ0n) is 57.5. The molecule has 0 radical (unpaired) electrons. The minimum atomic E-state index is 0.611. The summed E-state index contributed by atoms with van der Waals surface area (Å²) < 4.78 is 34.3. The van der Waals surface area contributed by atoms with Gasteiger partial charge in [-0.2, -0.15) is 10.5 Å². The zero-order chi connectivity index (χ0) is 71.0. The zero-order valence-corrected chi connectivity index (χ0v) is 57.5. The van der Waals surface area contributed by atoms with Gasteiger partial charge in [-0.25, -0.2) is 0 Å². The fourth-order valence-electron chi connectivity index (χ4n) is 17.5. The fourth-order valence-corrected chi connectivity index (χ4v) is 17.5. The molecule has 0 unspecified atom stereocenters. The molecule has 0 aliphatic carbocycles. The van der Waals surface area contributed by atoms with Gasteiger partial charge in [0.25, 0.3) is 0 Å². The summed E-state index contributed by atoms with van der Waals surface area (Å²) in [6, 6.07) is 119. The maximum atomic E-state index is 10.6. The third-order valence-corrected chi connectivity index (χ3v) is 22.3. The van der Waals surface area contributed by atoms with Crippen LogP contribution in [-0.2, 0) is 0 Å². The summed E-state index contributed by atoms with van der Waals surface area (Å²) >= 11 is 0. The first-order valence-corrected chi connectivity index (χ1v) is 36.1. The quantitative estimate of drug-likeness (QED) is 0.164. The molecule has 0 N–H and O–H groups in total. The average Bonchev–Trinajstić information content (AvgIpc) is 1.62. The Bertz CT molecular complexity index is 8090. The van der Waals surface area contributed by atoms with Crippen molar-refractivity contribution in [3.63, 3.8) is 0 Å². The smallest absolute Gasteiger partial charge is 0.137 e. The number of hydrogen-bond acceptors (Lipinski definition) is 6. The highest BCUT2D eigenvalue weighted by atomic mass is 16.3. The maximum absolute atomic E-state index is 10.6. The number of nitriles is 2. The fraction of sp³-hybridized carbons (Fsp3) is 0. The molecule has 0 atom stereocenters. The Morgan fingerprint density at radius 2 is 0.444 bits per heavy atom. The SMILES string of the molecule is N#Cc1cc(-n2c3ccccc3c3cc4c(cc32)oc2ccccc24)ccc1-c1ccc(-n2c3ccccc3c3cc4c(cc32)oc2ccccc24)cc1.N#Cc1cc(-n2c3ccccc3c3cc4oc5ccccc5c4cc32)ccc1-c1ccc(-n2c3ccccc3c3cc4oc5ccccc5c4cc32)cc1. The van der Waals surface area contributed by atoms with E-state index in [0.29, 0.717) is 11.1 Å². The predicted octanol–water partition coefficient (Wildman–Crippen LogP) is 26.4. The van der Waals surface area contributed by atoms with Crippen LogP contribution in [0, 0.1) is 22.7 Å². The summed E-state index contributed by atoms with van der Waals surface area (Å²) in [6.45, 7) is 0. The summed E-state index contributed by atoms with van der Waals surface area (Å²) in [5.74, 6) is 0. The van der Waals surface area contributed by atoms with Crippen molar-refractivity contribution in [1.82, 2.24) is 18.3 Å². The van der Waals surface area contributed by atoms with E-state index in [-0.39, 0.29) is 0 Å². The van der Waals surface area contributed by atoms with Crippen LogP contribution in [0.25, 0.3) is 220 Å². The van der Waals surface area contributed by atoms with E-state index in [2.05, 4.69) is 285 Å². The van der Waals surface area contributed by atoms with Gasteiger partial charge in [0.2, 0.25) is 0 Å². The molecule has 0 saturated carbocycles. The molecule has 0 fully saturated rings. The van der Waals surface area contributed by atoms with Crippen molar-refractivity contribution in [2.45, 2.75) is 0 Å². The van der Waals surface area contributed by atoms with E-state index < -0.39 is 0 Å². The molecular weight excluding hydrogens is 1330 g/mol. The average molecular weight is 1380 g/mol. The van der Waals surface area contributed by atoms with Gasteiger partial charge in [-0.05, 0) is 156 Å². The number of fused-ring (bicyclic) bond motifs is 24. The Morgan fingerprint density at radius 3 is 0.778 bits per heavy atom. The molecular formula is C98H54N6O4. The number of furan rings is 4. The lowest BCUT2D eigenvalue weighted by Gasteiger charge is -2.13. The van der Waals surface area contributed by atoms with E-state index in [1.54, 1.807) is 0 Å². The van der Waals surface area contributed by atoms with Crippen molar-refractivity contribution >= 4 is 175 Å². The van der Waals surface area contributed by atoms with Crippen molar-refractivity contribution in [2.75, 3.05) is 0 Å². The van der Waals surface area contributed by atoms with Gasteiger partial charge < -0.3 is 35.9 Å². The van der Waals surface area contributed by atoms with Crippen molar-refractivity contribution in [3.05, 3.63) is 339 Å². The summed E-state index contributed by atoms with van der Waals surface area (Å²) in [5, 5.41) is 39.2. The topological polar surface area (TPSA) is 120 Å². The van der Waals surface area contributed by atoms with E-state index in [1.807, 2.05) is 72.8 Å². The molecule has 16 aromatic carbocycles. The Balaban J connectivity index is 0.000000130. The second kappa shape index (κ2) is 22.7. The highest BCUT2D eigenvalue weighted by molar-refractivity contribution is 6.22. The summed E-state index contributed by atoms with van der Waals surface area (Å²) in [6.07, 6.45) is 0. The van der Waals surface area contributed by atoms with Crippen LogP contribution >= 0.6 is 0 Å². The second-order valence-corrected chi connectivity index (χ2v) is 28.0. The van der Waals surface area contributed by atoms with Crippen LogP contribution in [0.2, 0.25) is 0 Å². The lowest BCUT2D eigenvalue weighted by atomic mass is 9.99. The van der Waals surface area contributed by atoms with Crippen LogP contribution in [0.4, 0.5) is 0 Å². The molecule has 8 heterocycles. The minimum absolute atomic E-state index is 0.611. The van der Waals surface area contributed by atoms with Crippen molar-refractivity contribution in [3.8, 4) is 57.1 Å². The van der Waals surface area contributed by atoms with E-state index in [1.165, 1.54) is 16.2 Å². The van der Waals surface area contributed by atoms with Crippen LogP contribution in [0.5, 0.6) is 0 Å². The number of para-hydroxylation sites is 8. The van der Waals surface area contributed by atoms with Gasteiger partial charge in [-0.3, -0.25) is 0 Å². The number of rotatable bonds is 6. The van der Waals surface area contributed by atoms with Gasteiger partial charge in [0.15, 0.2) is 0 Å². The third-order valence-electron chi connectivity index (χ3n) is 22.3. The van der Waals surface area contributed by atoms with Crippen LogP contribution in [0.3, 0.4) is 0 Å². The lowest BCUT2D eigenvalue weighted by molar-refractivity contribution is 0.669. The molecule has 8 aromatic heterocycles. The molecule has 0 amide bonds. The van der Waals surface area contributed by atoms with E-state index in [4.69, 9.17) is 17.7 Å². The predicted molar refractivity (Wildman–Crippen MR) is 440 cm³/mol. The molecule has 108 heavy (non-hydrogen) atoms. The largest absolute Gasteiger partial charge is 0.456 e. The Morgan fingerprint density at radius 1 is 0.185 bits per heavy atom. The minimum Gasteiger partial charge on any atom is -0.456 e. The van der Waals surface area contributed by atoms with Crippen LogP contribution in [0.1, 0.15) is 11.1 Å². The maximum Gasteiger partial charge on any atom is 0.137 e. The lowest BCUT2D eigenvalue weighted by Crippen LogP contribution is -1.97. The van der Waals surface area contributed by atoms with Crippen molar-refractivity contribution in [1.29, 1.82) is 10.5 Å². The monoisotopic (exact) mass is 1380 g/mol. The Labute approximate surface area is 613 Å². The van der Waals surface area contributed by atoms with Crippen LogP contribution in [0.15, 0.2) is 345 Å². The molecule has 0 saturated heterocycles. The van der Waals surface area contributed by atoms with Crippen LogP contribution in [-0.4, -0.2) is 18.3 Å². The Hall–Kier alpha value is -15.1. The molecule has 24 rings (SSSR count). The van der Waals surface area contributed by atoms with Gasteiger partial charge in [0.1, 0.15) is 44.7 Å². The van der Waals surface area contributed by atoms with Gasteiger partial charge >= 0.3 is 0 Å². The molecule has 10 heteroatoms. The first-order chi connectivity index (χ1) is 53.4. The highest BCUT2D eigenvalue weighted by Gasteiger charge is 2.24. The molecule has 0 aliphatic rings. The highest BCUT2D eigenvalue weighted by Crippen LogP contribution is 2.45. The van der Waals surface area contributed by atoms with Gasteiger partial charge in [0.05, 0.1) is 67.4 Å². The number of hydrogen-bond donors (Lipinski definition) is 0. The molecule has 0 bridgehead atoms. The molecule has 0 aliphatic heterocycles.